The molecule has 4 heterocycles. The maximum atomic E-state index is 12.0. The fourth-order valence-electron chi connectivity index (χ4n) is 4.30. The van der Waals surface area contributed by atoms with Crippen LogP contribution in [0.1, 0.15) is 47.5 Å². The highest BCUT2D eigenvalue weighted by Gasteiger charge is 2.42. The standard InChI is InChI=1S/C20H27ClN4O3/c1-14-16(18(21)24(2)23-14)13-25-9-7-20(8-10-25)6-5-15(28-20)12-22-19(26)17-4-3-11-27-17/h3-4,11,15H,5-10,12-13H2,1-2H3,(H,22,26). The summed E-state index contributed by atoms with van der Waals surface area (Å²) in [6, 6.07) is 3.38. The average molecular weight is 407 g/mol. The summed E-state index contributed by atoms with van der Waals surface area (Å²) in [6.07, 6.45) is 5.62. The van der Waals surface area contributed by atoms with E-state index in [0.717, 1.165) is 61.7 Å². The molecule has 1 N–H and O–H groups in total. The first-order valence-electron chi connectivity index (χ1n) is 9.86. The zero-order valence-electron chi connectivity index (χ0n) is 16.4. The highest BCUT2D eigenvalue weighted by molar-refractivity contribution is 6.30. The van der Waals surface area contributed by atoms with E-state index in [2.05, 4.69) is 15.3 Å². The maximum absolute atomic E-state index is 12.0. The number of aryl methyl sites for hydroxylation is 2. The van der Waals surface area contributed by atoms with Crippen LogP contribution in [-0.4, -0.2) is 51.9 Å². The van der Waals surface area contributed by atoms with Crippen molar-refractivity contribution in [3.05, 3.63) is 40.6 Å². The van der Waals surface area contributed by atoms with Crippen LogP contribution < -0.4 is 5.32 Å². The van der Waals surface area contributed by atoms with Crippen LogP contribution in [0.5, 0.6) is 0 Å². The zero-order chi connectivity index (χ0) is 19.7. The monoisotopic (exact) mass is 406 g/mol. The fraction of sp³-hybridized carbons (Fsp3) is 0.600. The van der Waals surface area contributed by atoms with Gasteiger partial charge >= 0.3 is 0 Å². The van der Waals surface area contributed by atoms with E-state index in [1.807, 2.05) is 14.0 Å². The summed E-state index contributed by atoms with van der Waals surface area (Å²) in [5.41, 5.74) is 2.06. The van der Waals surface area contributed by atoms with Gasteiger partial charge in [-0.2, -0.15) is 5.10 Å². The Morgan fingerprint density at radius 1 is 1.39 bits per heavy atom. The first kappa shape index (κ1) is 19.5. The van der Waals surface area contributed by atoms with Crippen LogP contribution in [0.2, 0.25) is 5.15 Å². The highest BCUT2D eigenvalue weighted by atomic mass is 35.5. The van der Waals surface area contributed by atoms with E-state index in [9.17, 15) is 4.79 Å². The Hall–Kier alpha value is -1.83. The lowest BCUT2D eigenvalue weighted by atomic mass is 9.88. The smallest absolute Gasteiger partial charge is 0.287 e. The van der Waals surface area contributed by atoms with E-state index in [-0.39, 0.29) is 17.6 Å². The van der Waals surface area contributed by atoms with Crippen LogP contribution in [0.3, 0.4) is 0 Å². The van der Waals surface area contributed by atoms with Crippen LogP contribution in [0.15, 0.2) is 22.8 Å². The summed E-state index contributed by atoms with van der Waals surface area (Å²) in [5.74, 6) is 0.151. The molecule has 1 atom stereocenters. The van der Waals surface area contributed by atoms with Crippen molar-refractivity contribution in [2.75, 3.05) is 19.6 Å². The number of piperidine rings is 1. The highest BCUT2D eigenvalue weighted by Crippen LogP contribution is 2.39. The van der Waals surface area contributed by atoms with Gasteiger partial charge < -0.3 is 14.5 Å². The van der Waals surface area contributed by atoms with Crippen molar-refractivity contribution in [2.45, 2.75) is 50.9 Å². The number of carbonyl (C=O) groups is 1. The van der Waals surface area contributed by atoms with Gasteiger partial charge in [0.1, 0.15) is 5.15 Å². The molecule has 8 heteroatoms. The molecular weight excluding hydrogens is 380 g/mol. The number of likely N-dealkylation sites (tertiary alicyclic amines) is 1. The molecule has 7 nitrogen and oxygen atoms in total. The molecule has 2 fully saturated rings. The average Bonchev–Trinajstić information content (AvgIpc) is 3.40. The van der Waals surface area contributed by atoms with Crippen LogP contribution in [0.25, 0.3) is 0 Å². The summed E-state index contributed by atoms with van der Waals surface area (Å²) in [5, 5.41) is 8.04. The summed E-state index contributed by atoms with van der Waals surface area (Å²) in [7, 11) is 1.88. The molecule has 1 amide bonds. The third-order valence-corrected chi connectivity index (χ3v) is 6.47. The number of ether oxygens (including phenoxy) is 1. The molecule has 28 heavy (non-hydrogen) atoms. The topological polar surface area (TPSA) is 72.5 Å². The van der Waals surface area contributed by atoms with Crippen molar-refractivity contribution in [3.63, 3.8) is 0 Å². The van der Waals surface area contributed by atoms with Crippen molar-refractivity contribution in [1.29, 1.82) is 0 Å². The van der Waals surface area contributed by atoms with Gasteiger partial charge in [0.25, 0.3) is 5.91 Å². The number of nitrogens with zero attached hydrogens (tertiary/aromatic N) is 3. The number of aromatic nitrogens is 2. The van der Waals surface area contributed by atoms with Gasteiger partial charge in [-0.25, -0.2) is 0 Å². The molecule has 4 rings (SSSR count). The Morgan fingerprint density at radius 2 is 2.18 bits per heavy atom. The Bertz CT molecular complexity index is 825. The first-order valence-corrected chi connectivity index (χ1v) is 10.2. The van der Waals surface area contributed by atoms with Gasteiger partial charge in [0.15, 0.2) is 5.76 Å². The van der Waals surface area contributed by atoms with Gasteiger partial charge in [-0.15, -0.1) is 0 Å². The number of hydrogen-bond donors (Lipinski definition) is 1. The lowest BCUT2D eigenvalue weighted by Gasteiger charge is -2.39. The molecule has 0 aliphatic carbocycles. The molecule has 0 bridgehead atoms. The molecule has 2 aliphatic heterocycles. The van der Waals surface area contributed by atoms with Crippen LogP contribution in [0, 0.1) is 6.92 Å². The lowest BCUT2D eigenvalue weighted by Crippen LogP contribution is -2.45. The Kier molecular flexibility index (Phi) is 5.49. The van der Waals surface area contributed by atoms with E-state index < -0.39 is 0 Å². The normalized spacial score (nSPS) is 22.0. The number of nitrogens with one attached hydrogen (secondary N) is 1. The molecule has 0 saturated carbocycles. The van der Waals surface area contributed by atoms with E-state index in [1.165, 1.54) is 6.26 Å². The van der Waals surface area contributed by atoms with Gasteiger partial charge in [-0.05, 0) is 44.7 Å². The van der Waals surface area contributed by atoms with E-state index in [0.29, 0.717) is 12.3 Å². The summed E-state index contributed by atoms with van der Waals surface area (Å²) >= 11 is 6.38. The van der Waals surface area contributed by atoms with Gasteiger partial charge in [-0.3, -0.25) is 14.4 Å². The van der Waals surface area contributed by atoms with Crippen LogP contribution in [-0.2, 0) is 18.3 Å². The van der Waals surface area contributed by atoms with Gasteiger partial charge in [0.05, 0.1) is 23.7 Å². The molecule has 1 spiro atoms. The van der Waals surface area contributed by atoms with E-state index in [1.54, 1.807) is 16.8 Å². The summed E-state index contributed by atoms with van der Waals surface area (Å²) in [6.45, 7) is 5.33. The minimum atomic E-state index is -0.187. The molecular formula is C20H27ClN4O3. The fourth-order valence-corrected chi connectivity index (χ4v) is 4.54. The van der Waals surface area contributed by atoms with E-state index in [4.69, 9.17) is 20.8 Å². The first-order chi connectivity index (χ1) is 13.5. The molecule has 2 aromatic rings. The third-order valence-electron chi connectivity index (χ3n) is 5.99. The SMILES string of the molecule is Cc1nn(C)c(Cl)c1CN1CCC2(CCC(CNC(=O)c3ccco3)O2)CC1. The molecule has 1 unspecified atom stereocenters. The predicted molar refractivity (Wildman–Crippen MR) is 105 cm³/mol. The van der Waals surface area contributed by atoms with Crippen molar-refractivity contribution >= 4 is 17.5 Å². The van der Waals surface area contributed by atoms with Gasteiger partial charge in [0.2, 0.25) is 0 Å². The van der Waals surface area contributed by atoms with Gasteiger partial charge in [-0.1, -0.05) is 11.6 Å². The van der Waals surface area contributed by atoms with Gasteiger partial charge in [0, 0.05) is 38.8 Å². The maximum Gasteiger partial charge on any atom is 0.287 e. The Balaban J connectivity index is 1.26. The number of rotatable bonds is 5. The second-order valence-corrected chi connectivity index (χ2v) is 8.26. The molecule has 2 saturated heterocycles. The second-order valence-electron chi connectivity index (χ2n) is 7.90. The van der Waals surface area contributed by atoms with Crippen molar-refractivity contribution in [1.82, 2.24) is 20.0 Å². The molecule has 0 radical (unpaired) electrons. The number of halogens is 1. The predicted octanol–water partition coefficient (Wildman–Crippen LogP) is 2.92. The minimum Gasteiger partial charge on any atom is -0.459 e. The molecule has 2 aromatic heterocycles. The Labute approximate surface area is 170 Å². The Morgan fingerprint density at radius 3 is 2.82 bits per heavy atom. The molecule has 0 aromatic carbocycles. The number of hydrogen-bond acceptors (Lipinski definition) is 5. The molecule has 2 aliphatic rings. The van der Waals surface area contributed by atoms with Crippen LogP contribution in [0.4, 0.5) is 0 Å². The largest absolute Gasteiger partial charge is 0.459 e. The lowest BCUT2D eigenvalue weighted by molar-refractivity contribution is -0.0764. The van der Waals surface area contributed by atoms with Crippen molar-refractivity contribution < 1.29 is 13.9 Å². The number of furan rings is 1. The summed E-state index contributed by atoms with van der Waals surface area (Å²) in [4.78, 5) is 14.4. The van der Waals surface area contributed by atoms with Crippen molar-refractivity contribution in [3.8, 4) is 0 Å². The molecule has 152 valence electrons. The minimum absolute atomic E-state index is 0.0512. The second kappa shape index (κ2) is 7.89. The van der Waals surface area contributed by atoms with E-state index >= 15 is 0 Å². The quantitative estimate of drug-likeness (QED) is 0.826. The zero-order valence-corrected chi connectivity index (χ0v) is 17.2. The van der Waals surface area contributed by atoms with Crippen molar-refractivity contribution in [2.24, 2.45) is 7.05 Å². The third kappa shape index (κ3) is 3.97. The van der Waals surface area contributed by atoms with Crippen LogP contribution >= 0.6 is 11.6 Å². The number of amides is 1. The summed E-state index contributed by atoms with van der Waals surface area (Å²) < 4.78 is 13.3. The number of carbonyl (C=O) groups excluding carboxylic acids is 1.